The molecule has 0 bridgehead atoms. The fourth-order valence-corrected chi connectivity index (χ4v) is 1.70. The molecule has 0 radical (unpaired) electrons. The van der Waals surface area contributed by atoms with Crippen molar-refractivity contribution in [1.29, 1.82) is 0 Å². The first-order valence-electron chi connectivity index (χ1n) is 3.91. The third-order valence-corrected chi connectivity index (χ3v) is 2.39. The third-order valence-electron chi connectivity index (χ3n) is 1.47. The van der Waals surface area contributed by atoms with Gasteiger partial charge in [-0.2, -0.15) is 0 Å². The molecule has 0 fully saturated rings. The molecule has 0 unspecified atom stereocenters. The topological polar surface area (TPSA) is 0 Å². The molecule has 0 heterocycles. The van der Waals surface area contributed by atoms with Crippen LogP contribution in [-0.4, -0.2) is 5.33 Å². The first-order chi connectivity index (χ1) is 6.22. The summed E-state index contributed by atoms with van der Waals surface area (Å²) in [6.07, 6.45) is 4.87. The van der Waals surface area contributed by atoms with Crippen molar-refractivity contribution in [3.8, 4) is 0 Å². The second-order valence-corrected chi connectivity index (χ2v) is 4.29. The predicted octanol–water partition coefficient (Wildman–Crippen LogP) is 4.39. The Balaban J connectivity index is 2.77. The standard InChI is InChI=1S/C10H9Br2F/c11-4-2-1-3-8-5-9(12)7-10(13)6-8/h1,3,5-7H,2,4H2. The lowest BCUT2D eigenvalue weighted by molar-refractivity contribution is 0.626. The highest BCUT2D eigenvalue weighted by Crippen LogP contribution is 2.16. The van der Waals surface area contributed by atoms with E-state index in [4.69, 9.17) is 0 Å². The van der Waals surface area contributed by atoms with Gasteiger partial charge in [0.05, 0.1) is 0 Å². The number of hydrogen-bond donors (Lipinski definition) is 0. The van der Waals surface area contributed by atoms with E-state index in [0.29, 0.717) is 0 Å². The van der Waals surface area contributed by atoms with Gasteiger partial charge in [0.25, 0.3) is 0 Å². The maximum absolute atomic E-state index is 12.9. The van der Waals surface area contributed by atoms with Crippen molar-refractivity contribution in [2.45, 2.75) is 6.42 Å². The summed E-state index contributed by atoms with van der Waals surface area (Å²) in [4.78, 5) is 0. The highest BCUT2D eigenvalue weighted by atomic mass is 79.9. The van der Waals surface area contributed by atoms with E-state index in [2.05, 4.69) is 31.9 Å². The zero-order chi connectivity index (χ0) is 9.68. The minimum absolute atomic E-state index is 0.215. The molecule has 0 saturated heterocycles. The Morgan fingerprint density at radius 2 is 2.08 bits per heavy atom. The Morgan fingerprint density at radius 1 is 1.31 bits per heavy atom. The molecule has 0 atom stereocenters. The van der Waals surface area contributed by atoms with Gasteiger partial charge in [0.1, 0.15) is 5.82 Å². The van der Waals surface area contributed by atoms with Gasteiger partial charge in [-0.3, -0.25) is 0 Å². The third kappa shape index (κ3) is 4.05. The van der Waals surface area contributed by atoms with Crippen molar-refractivity contribution in [3.63, 3.8) is 0 Å². The van der Waals surface area contributed by atoms with Gasteiger partial charge < -0.3 is 0 Å². The van der Waals surface area contributed by atoms with Gasteiger partial charge in [-0.25, -0.2) is 4.39 Å². The highest BCUT2D eigenvalue weighted by molar-refractivity contribution is 9.10. The van der Waals surface area contributed by atoms with Crippen molar-refractivity contribution in [2.24, 2.45) is 0 Å². The average Bonchev–Trinajstić information content (AvgIpc) is 2.03. The largest absolute Gasteiger partial charge is 0.207 e. The lowest BCUT2D eigenvalue weighted by atomic mass is 10.2. The predicted molar refractivity (Wildman–Crippen MR) is 61.5 cm³/mol. The summed E-state index contributed by atoms with van der Waals surface area (Å²) < 4.78 is 13.6. The summed E-state index contributed by atoms with van der Waals surface area (Å²) in [6.45, 7) is 0. The van der Waals surface area contributed by atoms with E-state index in [0.717, 1.165) is 21.8 Å². The Kier molecular flexibility index (Phi) is 4.67. The van der Waals surface area contributed by atoms with E-state index in [1.54, 1.807) is 0 Å². The maximum Gasteiger partial charge on any atom is 0.124 e. The van der Waals surface area contributed by atoms with Gasteiger partial charge in [0, 0.05) is 9.80 Å². The number of rotatable bonds is 3. The molecule has 1 aromatic rings. The SMILES string of the molecule is Fc1cc(Br)cc(C=CCCBr)c1. The van der Waals surface area contributed by atoms with Crippen LogP contribution < -0.4 is 0 Å². The number of halogens is 3. The van der Waals surface area contributed by atoms with Crippen LogP contribution in [0.3, 0.4) is 0 Å². The highest BCUT2D eigenvalue weighted by Gasteiger charge is 1.94. The van der Waals surface area contributed by atoms with Crippen molar-refractivity contribution in [3.05, 3.63) is 40.1 Å². The van der Waals surface area contributed by atoms with Crippen LogP contribution in [0.4, 0.5) is 4.39 Å². The van der Waals surface area contributed by atoms with Crippen molar-refractivity contribution in [1.82, 2.24) is 0 Å². The molecule has 13 heavy (non-hydrogen) atoms. The average molecular weight is 308 g/mol. The van der Waals surface area contributed by atoms with Crippen LogP contribution in [0.25, 0.3) is 6.08 Å². The van der Waals surface area contributed by atoms with E-state index in [1.807, 2.05) is 18.2 Å². The molecule has 0 aliphatic carbocycles. The van der Waals surface area contributed by atoms with E-state index in [1.165, 1.54) is 12.1 Å². The van der Waals surface area contributed by atoms with E-state index in [9.17, 15) is 4.39 Å². The molecule has 0 saturated carbocycles. The first-order valence-corrected chi connectivity index (χ1v) is 5.82. The van der Waals surface area contributed by atoms with Gasteiger partial charge in [-0.1, -0.05) is 44.0 Å². The number of benzene rings is 1. The second-order valence-electron chi connectivity index (χ2n) is 2.58. The summed E-state index contributed by atoms with van der Waals surface area (Å²) in [5.41, 5.74) is 0.882. The quantitative estimate of drug-likeness (QED) is 0.727. The summed E-state index contributed by atoms with van der Waals surface area (Å²) in [5.74, 6) is -0.215. The number of allylic oxidation sites excluding steroid dienone is 1. The zero-order valence-corrected chi connectivity index (χ0v) is 10.1. The smallest absolute Gasteiger partial charge is 0.124 e. The van der Waals surface area contributed by atoms with Gasteiger partial charge in [-0.15, -0.1) is 0 Å². The van der Waals surface area contributed by atoms with Gasteiger partial charge in [-0.05, 0) is 30.2 Å². The lowest BCUT2D eigenvalue weighted by Crippen LogP contribution is -1.78. The Hall–Kier alpha value is -0.150. The zero-order valence-electron chi connectivity index (χ0n) is 6.93. The fraction of sp³-hybridized carbons (Fsp3) is 0.200. The van der Waals surface area contributed by atoms with Crippen LogP contribution >= 0.6 is 31.9 Å². The molecule has 0 spiro atoms. The number of alkyl halides is 1. The van der Waals surface area contributed by atoms with Crippen molar-refractivity contribution in [2.75, 3.05) is 5.33 Å². The Bertz CT molecular complexity index is 288. The second kappa shape index (κ2) is 5.55. The van der Waals surface area contributed by atoms with E-state index < -0.39 is 0 Å². The molecule has 1 rings (SSSR count). The lowest BCUT2D eigenvalue weighted by Gasteiger charge is -1.95. The van der Waals surface area contributed by atoms with Gasteiger partial charge in [0.15, 0.2) is 0 Å². The molecular weight excluding hydrogens is 299 g/mol. The summed E-state index contributed by atoms with van der Waals surface area (Å²) in [6, 6.07) is 4.84. The molecule has 0 aliphatic rings. The van der Waals surface area contributed by atoms with Gasteiger partial charge >= 0.3 is 0 Å². The normalized spacial score (nSPS) is 11.0. The molecule has 0 aromatic heterocycles. The van der Waals surface area contributed by atoms with Gasteiger partial charge in [0.2, 0.25) is 0 Å². The molecule has 0 nitrogen and oxygen atoms in total. The monoisotopic (exact) mass is 306 g/mol. The Labute approximate surface area is 94.1 Å². The molecule has 0 N–H and O–H groups in total. The van der Waals surface area contributed by atoms with Crippen LogP contribution in [-0.2, 0) is 0 Å². The first kappa shape index (κ1) is 10.9. The molecular formula is C10H9Br2F. The summed E-state index contributed by atoms with van der Waals surface area (Å²) in [5, 5.41) is 0.931. The minimum atomic E-state index is -0.215. The number of hydrogen-bond acceptors (Lipinski definition) is 0. The maximum atomic E-state index is 12.9. The van der Waals surface area contributed by atoms with E-state index in [-0.39, 0.29) is 5.82 Å². The van der Waals surface area contributed by atoms with Crippen LogP contribution in [0.1, 0.15) is 12.0 Å². The molecule has 0 amide bonds. The Morgan fingerprint density at radius 3 is 2.69 bits per heavy atom. The fourth-order valence-electron chi connectivity index (χ4n) is 0.954. The summed E-state index contributed by atoms with van der Waals surface area (Å²) >= 11 is 6.56. The van der Waals surface area contributed by atoms with Crippen LogP contribution in [0.2, 0.25) is 0 Å². The molecule has 1 aromatic carbocycles. The molecule has 70 valence electrons. The van der Waals surface area contributed by atoms with Crippen LogP contribution in [0.5, 0.6) is 0 Å². The van der Waals surface area contributed by atoms with Crippen LogP contribution in [0, 0.1) is 5.82 Å². The summed E-state index contributed by atoms with van der Waals surface area (Å²) in [7, 11) is 0. The van der Waals surface area contributed by atoms with Crippen molar-refractivity contribution < 1.29 is 4.39 Å². The van der Waals surface area contributed by atoms with Crippen LogP contribution in [0.15, 0.2) is 28.7 Å². The minimum Gasteiger partial charge on any atom is -0.207 e. The molecule has 3 heteroatoms. The molecule has 0 aliphatic heterocycles. The van der Waals surface area contributed by atoms with Crippen molar-refractivity contribution >= 4 is 37.9 Å². The van der Waals surface area contributed by atoms with E-state index >= 15 is 0 Å².